The van der Waals surface area contributed by atoms with Gasteiger partial charge in [0.05, 0.1) is 6.54 Å². The Kier molecular flexibility index (Phi) is 4.77. The van der Waals surface area contributed by atoms with Crippen LogP contribution in [0.4, 0.5) is 5.82 Å². The third-order valence-corrected chi connectivity index (χ3v) is 4.66. The Labute approximate surface area is 146 Å². The average molecular weight is 338 g/mol. The first-order valence-electron chi connectivity index (χ1n) is 8.37. The van der Waals surface area contributed by atoms with Crippen molar-refractivity contribution in [1.82, 2.24) is 9.13 Å². The summed E-state index contributed by atoms with van der Waals surface area (Å²) in [7, 11) is 1.49. The molecule has 0 unspecified atom stereocenters. The van der Waals surface area contributed by atoms with Gasteiger partial charge in [0.25, 0.3) is 5.56 Å². The third-order valence-electron chi connectivity index (χ3n) is 4.66. The molecule has 2 heterocycles. The summed E-state index contributed by atoms with van der Waals surface area (Å²) in [6.07, 6.45) is 7.46. The van der Waals surface area contributed by atoms with E-state index < -0.39 is 0 Å². The highest BCUT2D eigenvalue weighted by Crippen LogP contribution is 2.19. The van der Waals surface area contributed by atoms with Gasteiger partial charge < -0.3 is 10.6 Å². The van der Waals surface area contributed by atoms with E-state index in [1.54, 1.807) is 4.57 Å². The zero-order chi connectivity index (χ0) is 18.0. The van der Waals surface area contributed by atoms with Gasteiger partial charge in [-0.15, -0.1) is 6.42 Å². The van der Waals surface area contributed by atoms with Crippen LogP contribution >= 0.6 is 0 Å². The second kappa shape index (κ2) is 6.99. The molecule has 25 heavy (non-hydrogen) atoms. The van der Waals surface area contributed by atoms with E-state index in [9.17, 15) is 9.59 Å². The molecule has 1 atom stereocenters. The van der Waals surface area contributed by atoms with E-state index in [2.05, 4.69) is 5.92 Å². The number of terminal acetylenes is 1. The summed E-state index contributed by atoms with van der Waals surface area (Å²) >= 11 is 0. The standard InChI is InChI=1S/C19H22N4O2/c1-3-14-7-4-5-8-15(14)12-23-17(11-18(24)21(2)19(23)25)22-10-6-9-16(20)13-22/h1,4-5,7-8,11,16H,6,9-10,12-13,20H2,2H3/t16-/m1/s1. The molecular weight excluding hydrogens is 316 g/mol. The number of piperidine rings is 1. The van der Waals surface area contributed by atoms with Crippen molar-refractivity contribution in [2.75, 3.05) is 18.0 Å². The van der Waals surface area contributed by atoms with Crippen LogP contribution in [0, 0.1) is 12.3 Å². The molecule has 3 rings (SSSR count). The van der Waals surface area contributed by atoms with E-state index >= 15 is 0 Å². The fourth-order valence-electron chi connectivity index (χ4n) is 3.26. The maximum atomic E-state index is 12.8. The first-order valence-corrected chi connectivity index (χ1v) is 8.37. The van der Waals surface area contributed by atoms with Crippen LogP contribution in [0.2, 0.25) is 0 Å². The number of anilines is 1. The summed E-state index contributed by atoms with van der Waals surface area (Å²) in [5, 5.41) is 0. The van der Waals surface area contributed by atoms with Crippen molar-refractivity contribution in [3.8, 4) is 12.3 Å². The summed E-state index contributed by atoms with van der Waals surface area (Å²) in [5.41, 5.74) is 7.01. The highest BCUT2D eigenvalue weighted by molar-refractivity contribution is 5.43. The van der Waals surface area contributed by atoms with E-state index in [0.717, 1.165) is 35.1 Å². The molecule has 130 valence electrons. The van der Waals surface area contributed by atoms with E-state index in [1.165, 1.54) is 13.1 Å². The Morgan fingerprint density at radius 2 is 2.08 bits per heavy atom. The van der Waals surface area contributed by atoms with Crippen LogP contribution in [0.25, 0.3) is 0 Å². The maximum Gasteiger partial charge on any atom is 0.332 e. The molecule has 0 saturated carbocycles. The van der Waals surface area contributed by atoms with Crippen molar-refractivity contribution >= 4 is 5.82 Å². The van der Waals surface area contributed by atoms with Crippen LogP contribution in [0.15, 0.2) is 39.9 Å². The minimum absolute atomic E-state index is 0.0411. The van der Waals surface area contributed by atoms with Crippen LogP contribution in [0.3, 0.4) is 0 Å². The number of nitrogens with two attached hydrogens (primary N) is 1. The molecule has 2 aromatic rings. The predicted octanol–water partition coefficient (Wildman–Crippen LogP) is 0.504. The van der Waals surface area contributed by atoms with Gasteiger partial charge in [-0.05, 0) is 24.5 Å². The van der Waals surface area contributed by atoms with Crippen LogP contribution in [-0.2, 0) is 13.6 Å². The van der Waals surface area contributed by atoms with Crippen molar-refractivity contribution in [1.29, 1.82) is 0 Å². The third kappa shape index (κ3) is 3.37. The van der Waals surface area contributed by atoms with Gasteiger partial charge in [-0.3, -0.25) is 13.9 Å². The number of rotatable bonds is 3. The number of nitrogens with zero attached hydrogens (tertiary/aromatic N) is 3. The highest BCUT2D eigenvalue weighted by Gasteiger charge is 2.21. The van der Waals surface area contributed by atoms with Crippen LogP contribution in [-0.4, -0.2) is 28.3 Å². The molecule has 6 heteroatoms. The smallest absolute Gasteiger partial charge is 0.332 e. The number of hydrogen-bond acceptors (Lipinski definition) is 4. The van der Waals surface area contributed by atoms with Crippen LogP contribution < -0.4 is 21.9 Å². The van der Waals surface area contributed by atoms with Gasteiger partial charge in [0.15, 0.2) is 0 Å². The molecule has 0 spiro atoms. The average Bonchev–Trinajstić information content (AvgIpc) is 2.62. The molecule has 1 aromatic heterocycles. The molecule has 0 amide bonds. The normalized spacial score (nSPS) is 17.3. The SMILES string of the molecule is C#Cc1ccccc1Cn1c(N2CCC[C@@H](N)C2)cc(=O)n(C)c1=O. The van der Waals surface area contributed by atoms with Gasteiger partial charge in [0, 0.05) is 37.8 Å². The summed E-state index contributed by atoms with van der Waals surface area (Å²) in [5.74, 6) is 3.26. The van der Waals surface area contributed by atoms with Gasteiger partial charge in [0.2, 0.25) is 0 Å². The zero-order valence-corrected chi connectivity index (χ0v) is 14.3. The van der Waals surface area contributed by atoms with Crippen molar-refractivity contribution in [2.45, 2.75) is 25.4 Å². The fraction of sp³-hybridized carbons (Fsp3) is 0.368. The van der Waals surface area contributed by atoms with Crippen molar-refractivity contribution < 1.29 is 0 Å². The molecule has 2 N–H and O–H groups in total. The van der Waals surface area contributed by atoms with Crippen LogP contribution in [0.1, 0.15) is 24.0 Å². The second-order valence-electron chi connectivity index (χ2n) is 6.42. The van der Waals surface area contributed by atoms with Gasteiger partial charge in [0.1, 0.15) is 5.82 Å². The van der Waals surface area contributed by atoms with Gasteiger partial charge in [-0.1, -0.05) is 24.1 Å². The predicted molar refractivity (Wildman–Crippen MR) is 98.8 cm³/mol. The summed E-state index contributed by atoms with van der Waals surface area (Å²) in [6, 6.07) is 9.06. The van der Waals surface area contributed by atoms with E-state index in [0.29, 0.717) is 18.9 Å². The van der Waals surface area contributed by atoms with Crippen LogP contribution in [0.5, 0.6) is 0 Å². The lowest BCUT2D eigenvalue weighted by molar-refractivity contribution is 0.491. The Balaban J connectivity index is 2.11. The minimum Gasteiger partial charge on any atom is -0.356 e. The molecule has 0 radical (unpaired) electrons. The minimum atomic E-state index is -0.353. The Hall–Kier alpha value is -2.78. The quantitative estimate of drug-likeness (QED) is 0.828. The topological polar surface area (TPSA) is 73.3 Å². The Morgan fingerprint density at radius 1 is 1.32 bits per heavy atom. The Bertz CT molecular complexity index is 936. The van der Waals surface area contributed by atoms with E-state index in [4.69, 9.17) is 12.2 Å². The Morgan fingerprint density at radius 3 is 2.80 bits per heavy atom. The van der Waals surface area contributed by atoms with Gasteiger partial charge in [-0.25, -0.2) is 4.79 Å². The molecule has 6 nitrogen and oxygen atoms in total. The molecule has 1 aliphatic heterocycles. The molecule has 1 aromatic carbocycles. The lowest BCUT2D eigenvalue weighted by Crippen LogP contribution is -2.47. The highest BCUT2D eigenvalue weighted by atomic mass is 16.2. The number of hydrogen-bond donors (Lipinski definition) is 1. The molecule has 0 bridgehead atoms. The number of aromatic nitrogens is 2. The van der Waals surface area contributed by atoms with Crippen molar-refractivity contribution in [2.24, 2.45) is 12.8 Å². The van der Waals surface area contributed by atoms with Gasteiger partial charge in [-0.2, -0.15) is 0 Å². The van der Waals surface area contributed by atoms with E-state index in [-0.39, 0.29) is 17.3 Å². The zero-order valence-electron chi connectivity index (χ0n) is 14.3. The molecule has 1 saturated heterocycles. The fourth-order valence-corrected chi connectivity index (χ4v) is 3.26. The molecule has 0 aliphatic carbocycles. The molecular formula is C19H22N4O2. The lowest BCUT2D eigenvalue weighted by atomic mass is 10.1. The lowest BCUT2D eigenvalue weighted by Gasteiger charge is -2.34. The maximum absolute atomic E-state index is 12.8. The first-order chi connectivity index (χ1) is 12.0. The molecule has 1 fully saturated rings. The second-order valence-corrected chi connectivity index (χ2v) is 6.42. The summed E-state index contributed by atoms with van der Waals surface area (Å²) in [6.45, 7) is 1.72. The number of benzene rings is 1. The largest absolute Gasteiger partial charge is 0.356 e. The summed E-state index contributed by atoms with van der Waals surface area (Å²) in [4.78, 5) is 27.0. The van der Waals surface area contributed by atoms with Crippen molar-refractivity contribution in [3.05, 3.63) is 62.3 Å². The molecule has 1 aliphatic rings. The monoisotopic (exact) mass is 338 g/mol. The van der Waals surface area contributed by atoms with Crippen molar-refractivity contribution in [3.63, 3.8) is 0 Å². The summed E-state index contributed by atoms with van der Waals surface area (Å²) < 4.78 is 2.72. The first kappa shape index (κ1) is 17.1. The van der Waals surface area contributed by atoms with E-state index in [1.807, 2.05) is 29.2 Å². The van der Waals surface area contributed by atoms with Gasteiger partial charge >= 0.3 is 5.69 Å².